The number of aromatic nitrogens is 2. The number of aromatic hydroxyl groups is 1. The molecule has 2 aromatic carbocycles. The lowest BCUT2D eigenvalue weighted by Crippen LogP contribution is -2.54. The first-order valence-corrected chi connectivity index (χ1v) is 36.3. The van der Waals surface area contributed by atoms with Crippen molar-refractivity contribution in [3.63, 3.8) is 0 Å². The van der Waals surface area contributed by atoms with E-state index in [-0.39, 0.29) is 119 Å². The number of carboxylic acid groups (broad SMARTS) is 5. The quantitative estimate of drug-likeness (QED) is 0.0475. The maximum absolute atomic E-state index is 15.3. The zero-order valence-electron chi connectivity index (χ0n) is 56.6. The van der Waals surface area contributed by atoms with E-state index in [2.05, 4.69) is 31.2 Å². The van der Waals surface area contributed by atoms with Crippen LogP contribution in [0.5, 0.6) is 5.75 Å². The second-order valence-electron chi connectivity index (χ2n) is 26.3. The average Bonchev–Trinajstić information content (AvgIpc) is 1.71. The Morgan fingerprint density at radius 3 is 1.88 bits per heavy atom. The van der Waals surface area contributed by atoms with Gasteiger partial charge in [0.25, 0.3) is 0 Å². The third-order valence-electron chi connectivity index (χ3n) is 17.7. The molecule has 4 heterocycles. The van der Waals surface area contributed by atoms with E-state index >= 15 is 14.4 Å². The monoisotopic (exact) mass is 1470 g/mol. The van der Waals surface area contributed by atoms with Crippen LogP contribution in [0.1, 0.15) is 89.0 Å². The number of hydrogen-bond acceptors (Lipinski definition) is 22. The van der Waals surface area contributed by atoms with E-state index in [1.807, 2.05) is 13.8 Å². The number of fused-ring (bicyclic) bond motifs is 1. The number of nitrogens with one attached hydrogen (secondary N) is 5. The van der Waals surface area contributed by atoms with Gasteiger partial charge in [-0.1, -0.05) is 83.4 Å². The fourth-order valence-corrected chi connectivity index (χ4v) is 15.2. The molecule has 12 N–H and O–H groups in total. The SMILES string of the molecule is CC(C)C[C@@H]1CC(=O)[C@H](CC(=O)O)NC(=O)[C@H](Cc2ccc(O)c(Cl)c2)CC(=O)[C@@H]2C[C@@H](O)CN2C(=O)[C@@H](NC(=O)[C@@H](CC(=O)[C@H](Cc2ccccc2)NC(=O)CCC(C(=O)O)N2CCN(CC(=O)O)CCN(CC(=O)O)CCN(CC(=O)O)CC2)Cc2cnc[nH]2)CSSC[C@@H](C)NC1=O. The minimum absolute atomic E-state index is 0.00943. The Hall–Kier alpha value is -8.05. The fourth-order valence-electron chi connectivity index (χ4n) is 12.5. The number of carbonyl (C=O) groups is 13. The minimum atomic E-state index is -1.65. The number of imidazole rings is 1. The number of carbonyl (C=O) groups excluding carboxylic acids is 8. The van der Waals surface area contributed by atoms with Gasteiger partial charge in [0, 0.05) is 139 Å². The zero-order valence-corrected chi connectivity index (χ0v) is 59.0. The topological polar surface area (TPSA) is 457 Å². The number of phenolic OH excluding ortho intramolecular Hbond substituents is 1. The number of H-pyrrole nitrogens is 1. The number of rotatable bonds is 27. The first-order chi connectivity index (χ1) is 47.9. The number of ketones is 3. The Bertz CT molecular complexity index is 3340. The van der Waals surface area contributed by atoms with Crippen LogP contribution >= 0.6 is 33.2 Å². The molecule has 10 atom stereocenters. The maximum Gasteiger partial charge on any atom is 0.320 e. The number of Topliss-reactive ketones (excluding diaryl/α,β-unsaturated/α-hetero) is 3. The molecule has 34 heteroatoms. The highest BCUT2D eigenvalue weighted by atomic mass is 35.5. The van der Waals surface area contributed by atoms with Crippen molar-refractivity contribution in [2.75, 3.05) is 90.0 Å². The summed E-state index contributed by atoms with van der Waals surface area (Å²) in [6.45, 7) is 3.82. The van der Waals surface area contributed by atoms with Crippen molar-refractivity contribution < 1.29 is 98.1 Å². The number of benzene rings is 2. The number of halogens is 1. The number of nitrogens with zero attached hydrogens (tertiary/aromatic N) is 6. The summed E-state index contributed by atoms with van der Waals surface area (Å²) in [6, 6.07) is 4.76. The Kier molecular flexibility index (Phi) is 32.9. The number of amides is 5. The molecule has 3 aliphatic heterocycles. The van der Waals surface area contributed by atoms with Gasteiger partial charge in [0.1, 0.15) is 17.8 Å². The van der Waals surface area contributed by atoms with Crippen LogP contribution in [0.25, 0.3) is 0 Å². The van der Waals surface area contributed by atoms with E-state index in [1.54, 1.807) is 42.2 Å². The Balaban J connectivity index is 1.29. The van der Waals surface area contributed by atoms with Gasteiger partial charge in [-0.05, 0) is 61.8 Å². The van der Waals surface area contributed by atoms with Crippen LogP contribution < -0.4 is 21.3 Å². The lowest BCUT2D eigenvalue weighted by atomic mass is 9.88. The minimum Gasteiger partial charge on any atom is -0.506 e. The predicted octanol–water partition coefficient (Wildman–Crippen LogP) is 1.07. The molecule has 0 radical (unpaired) electrons. The normalized spacial score (nSPS) is 23.0. The van der Waals surface area contributed by atoms with E-state index < -0.39 is 195 Å². The molecular formula is C67H92ClN11O20S2. The lowest BCUT2D eigenvalue weighted by molar-refractivity contribution is -0.145. The molecule has 3 saturated heterocycles. The first kappa shape index (κ1) is 81.9. The molecule has 0 aliphatic carbocycles. The van der Waals surface area contributed by atoms with Crippen molar-refractivity contribution >= 4 is 110 Å². The molecule has 31 nitrogen and oxygen atoms in total. The summed E-state index contributed by atoms with van der Waals surface area (Å²) in [5, 5.41) is 82.3. The highest BCUT2D eigenvalue weighted by Crippen LogP contribution is 2.31. The van der Waals surface area contributed by atoms with Gasteiger partial charge in [0.05, 0.1) is 67.6 Å². The number of hydrogen-bond donors (Lipinski definition) is 12. The molecule has 554 valence electrons. The lowest BCUT2D eigenvalue weighted by Gasteiger charge is -2.35. The van der Waals surface area contributed by atoms with Gasteiger partial charge < -0.3 is 66.9 Å². The molecule has 0 spiro atoms. The first-order valence-electron chi connectivity index (χ1n) is 33.4. The molecule has 6 rings (SSSR count). The summed E-state index contributed by atoms with van der Waals surface area (Å²) in [4.78, 5) is 193. The molecule has 0 bridgehead atoms. The molecule has 3 fully saturated rings. The van der Waals surface area contributed by atoms with Crippen molar-refractivity contribution in [2.24, 2.45) is 23.7 Å². The van der Waals surface area contributed by atoms with Crippen LogP contribution in [0.2, 0.25) is 5.02 Å². The molecule has 3 aliphatic rings. The predicted molar refractivity (Wildman–Crippen MR) is 369 cm³/mol. The molecule has 1 unspecified atom stereocenters. The number of aliphatic hydroxyl groups excluding tert-OH is 1. The van der Waals surface area contributed by atoms with Crippen molar-refractivity contribution in [3.8, 4) is 5.75 Å². The van der Waals surface area contributed by atoms with Gasteiger partial charge in [-0.2, -0.15) is 0 Å². The van der Waals surface area contributed by atoms with Crippen LogP contribution in [0.15, 0.2) is 61.1 Å². The van der Waals surface area contributed by atoms with E-state index in [0.29, 0.717) is 16.8 Å². The molecule has 1 aromatic heterocycles. The third-order valence-corrected chi connectivity index (χ3v) is 20.6. The van der Waals surface area contributed by atoms with E-state index in [9.17, 15) is 83.7 Å². The number of carboxylic acids is 5. The van der Waals surface area contributed by atoms with Crippen LogP contribution in [-0.4, -0.2) is 279 Å². The van der Waals surface area contributed by atoms with Crippen molar-refractivity contribution in [1.82, 2.24) is 55.7 Å². The maximum atomic E-state index is 15.3. The Labute approximate surface area is 597 Å². The molecule has 3 aromatic rings. The van der Waals surface area contributed by atoms with Gasteiger partial charge >= 0.3 is 29.8 Å². The average molecular weight is 1470 g/mol. The summed E-state index contributed by atoms with van der Waals surface area (Å²) in [5.74, 6) is -16.4. The summed E-state index contributed by atoms with van der Waals surface area (Å²) < 4.78 is 0. The molecule has 5 amide bonds. The van der Waals surface area contributed by atoms with Gasteiger partial charge in [-0.15, -0.1) is 0 Å². The second kappa shape index (κ2) is 40.6. The zero-order chi connectivity index (χ0) is 74.0. The molecular weight excluding hydrogens is 1380 g/mol. The highest BCUT2D eigenvalue weighted by molar-refractivity contribution is 8.76. The summed E-state index contributed by atoms with van der Waals surface area (Å²) in [6.07, 6.45) is -2.50. The van der Waals surface area contributed by atoms with Gasteiger partial charge in [-0.3, -0.25) is 81.9 Å². The van der Waals surface area contributed by atoms with Crippen LogP contribution in [0.4, 0.5) is 0 Å². The van der Waals surface area contributed by atoms with Crippen LogP contribution in [-0.2, 0) is 81.6 Å². The van der Waals surface area contributed by atoms with Gasteiger partial charge in [-0.25, -0.2) is 4.98 Å². The van der Waals surface area contributed by atoms with Crippen molar-refractivity contribution in [1.29, 1.82) is 0 Å². The van der Waals surface area contributed by atoms with Gasteiger partial charge in [0.15, 0.2) is 17.3 Å². The summed E-state index contributed by atoms with van der Waals surface area (Å²) >= 11 is 6.27. The van der Waals surface area contributed by atoms with E-state index in [1.165, 1.54) is 56.2 Å². The number of aliphatic hydroxyl groups is 1. The smallest absolute Gasteiger partial charge is 0.320 e. The van der Waals surface area contributed by atoms with Crippen molar-refractivity contribution in [3.05, 3.63) is 82.9 Å². The third kappa shape index (κ3) is 27.7. The highest BCUT2D eigenvalue weighted by Gasteiger charge is 2.44. The van der Waals surface area contributed by atoms with Crippen LogP contribution in [0.3, 0.4) is 0 Å². The second-order valence-corrected chi connectivity index (χ2v) is 29.3. The van der Waals surface area contributed by atoms with E-state index in [0.717, 1.165) is 15.7 Å². The van der Waals surface area contributed by atoms with Crippen molar-refractivity contribution in [2.45, 2.75) is 134 Å². The number of aliphatic carboxylic acids is 5. The largest absolute Gasteiger partial charge is 0.506 e. The summed E-state index contributed by atoms with van der Waals surface area (Å²) in [7, 11) is 2.33. The number of phenols is 1. The van der Waals surface area contributed by atoms with Crippen LogP contribution in [0, 0.1) is 23.7 Å². The molecule has 101 heavy (non-hydrogen) atoms. The molecule has 0 saturated carbocycles. The fraction of sp³-hybridized carbons (Fsp3) is 0.582. The Morgan fingerprint density at radius 1 is 0.723 bits per heavy atom. The van der Waals surface area contributed by atoms with E-state index in [4.69, 9.17) is 11.6 Å². The Morgan fingerprint density at radius 2 is 1.32 bits per heavy atom. The standard InChI is InChI=1S/C67H92ClN11O20S2/c1-39(2)21-43-26-56(83)50(30-59(86)87)73-64(95)44(22-42-9-11-54(81)48(68)23-42)28-57(84)53-29-47(80)32-79(53)66(97)51(37-101-100-36-40(3)71-63(43)94)74-65(96)45(25-46-31-69-38-70-46)27-55(82)49(24-41-7-5-4-6-8-41)72-58(85)12-10-52(67(98)99)78-19-17-76(34-61(90)91)15-13-75(33-60(88)89)14-16-77(18-20-78)35-62(92)93/h4-9,11,23,31,38-40,43-45,47,49-53,80-81H,10,12-22,24-30,32-37H2,1-3H3,(H,69,70)(H,71,94)(H,72,85)(H,73,95)(H,74,96)(H,86,87)(H,88,89)(H,90,91)(H,92,93)(H,98,99)/t40-,43-,44-,45-,47-,49+,50+,51+,52?,53+/m1/s1. The van der Waals surface area contributed by atoms with Gasteiger partial charge in [0.2, 0.25) is 29.5 Å². The summed E-state index contributed by atoms with van der Waals surface area (Å²) in [5.41, 5.74) is 1.32. The number of aromatic amines is 1.